The van der Waals surface area contributed by atoms with Crippen LogP contribution in [0.2, 0.25) is 0 Å². The van der Waals surface area contributed by atoms with E-state index in [2.05, 4.69) is 34.5 Å². The average molecular weight is 350 g/mol. The summed E-state index contributed by atoms with van der Waals surface area (Å²) in [5, 5.41) is 2.83. The molecule has 2 aromatic rings. The van der Waals surface area contributed by atoms with Crippen LogP contribution in [-0.2, 0) is 11.2 Å². The lowest BCUT2D eigenvalue weighted by Crippen LogP contribution is -2.43. The van der Waals surface area contributed by atoms with Crippen LogP contribution >= 0.6 is 0 Å². The van der Waals surface area contributed by atoms with E-state index in [0.29, 0.717) is 6.04 Å². The van der Waals surface area contributed by atoms with Gasteiger partial charge in [0, 0.05) is 18.7 Å². The van der Waals surface area contributed by atoms with Crippen molar-refractivity contribution in [2.75, 3.05) is 18.4 Å². The normalized spacial score (nSPS) is 22.7. The predicted octanol–water partition coefficient (Wildman–Crippen LogP) is 4.18. The van der Waals surface area contributed by atoms with Gasteiger partial charge in [0.25, 0.3) is 0 Å². The van der Waals surface area contributed by atoms with Gasteiger partial charge in [-0.1, -0.05) is 36.8 Å². The van der Waals surface area contributed by atoms with Crippen molar-refractivity contribution in [2.45, 2.75) is 44.8 Å². The number of likely N-dealkylation sites (tertiary alicyclic amines) is 1. The molecule has 1 fully saturated rings. The van der Waals surface area contributed by atoms with Crippen LogP contribution in [-0.4, -0.2) is 29.9 Å². The first kappa shape index (κ1) is 17.1. The number of amides is 1. The van der Waals surface area contributed by atoms with Gasteiger partial charge in [0.1, 0.15) is 11.9 Å². The Morgan fingerprint density at radius 2 is 1.88 bits per heavy atom. The SMILES string of the molecule is CC(=O)Nc1cccc(O[C@H]2c3ccccc3CC2N2CCCCC2)c1. The smallest absolute Gasteiger partial charge is 0.221 e. The number of hydrogen-bond donors (Lipinski definition) is 1. The molecule has 0 aromatic heterocycles. The van der Waals surface area contributed by atoms with Gasteiger partial charge in [-0.15, -0.1) is 0 Å². The maximum Gasteiger partial charge on any atom is 0.221 e. The minimum atomic E-state index is -0.0699. The third kappa shape index (κ3) is 3.61. The molecule has 1 heterocycles. The lowest BCUT2D eigenvalue weighted by atomic mass is 10.0. The highest BCUT2D eigenvalue weighted by Crippen LogP contribution is 2.39. The number of fused-ring (bicyclic) bond motifs is 1. The van der Waals surface area contributed by atoms with Crippen molar-refractivity contribution in [3.05, 3.63) is 59.7 Å². The van der Waals surface area contributed by atoms with Crippen molar-refractivity contribution in [2.24, 2.45) is 0 Å². The molecule has 4 heteroatoms. The monoisotopic (exact) mass is 350 g/mol. The number of anilines is 1. The molecule has 2 aliphatic rings. The maximum absolute atomic E-state index is 11.3. The number of hydrogen-bond acceptors (Lipinski definition) is 3. The van der Waals surface area contributed by atoms with Crippen molar-refractivity contribution in [3.8, 4) is 5.75 Å². The second-order valence-electron chi connectivity index (χ2n) is 7.31. The van der Waals surface area contributed by atoms with Gasteiger partial charge in [0.05, 0.1) is 6.04 Å². The van der Waals surface area contributed by atoms with Crippen LogP contribution in [0.1, 0.15) is 43.4 Å². The second-order valence-corrected chi connectivity index (χ2v) is 7.31. The first-order valence-corrected chi connectivity index (χ1v) is 9.57. The van der Waals surface area contributed by atoms with Gasteiger partial charge in [-0.25, -0.2) is 0 Å². The minimum absolute atomic E-state index is 0.0388. The largest absolute Gasteiger partial charge is 0.484 e. The summed E-state index contributed by atoms with van der Waals surface area (Å²) in [6, 6.07) is 16.7. The molecule has 1 saturated heterocycles. The number of benzene rings is 2. The molecule has 4 rings (SSSR count). The third-order valence-corrected chi connectivity index (χ3v) is 5.42. The van der Waals surface area contributed by atoms with Crippen LogP contribution in [0.25, 0.3) is 0 Å². The topological polar surface area (TPSA) is 41.6 Å². The van der Waals surface area contributed by atoms with Crippen LogP contribution in [0.15, 0.2) is 48.5 Å². The molecule has 1 aliphatic carbocycles. The first-order chi connectivity index (χ1) is 12.7. The lowest BCUT2D eigenvalue weighted by molar-refractivity contribution is -0.114. The molecule has 2 aromatic carbocycles. The van der Waals surface area contributed by atoms with Crippen molar-refractivity contribution in [3.63, 3.8) is 0 Å². The van der Waals surface area contributed by atoms with Crippen LogP contribution in [0.3, 0.4) is 0 Å². The molecule has 0 radical (unpaired) electrons. The van der Waals surface area contributed by atoms with Gasteiger partial charge in [-0.05, 0) is 55.6 Å². The third-order valence-electron chi connectivity index (χ3n) is 5.42. The van der Waals surface area contributed by atoms with E-state index in [4.69, 9.17) is 4.74 Å². The summed E-state index contributed by atoms with van der Waals surface area (Å²) in [5.74, 6) is 0.736. The van der Waals surface area contributed by atoms with Gasteiger partial charge in [-0.3, -0.25) is 9.69 Å². The Labute approximate surface area is 155 Å². The number of nitrogens with one attached hydrogen (secondary N) is 1. The molecular weight excluding hydrogens is 324 g/mol. The van der Waals surface area contributed by atoms with Gasteiger partial charge >= 0.3 is 0 Å². The number of ether oxygens (including phenoxy) is 1. The molecule has 1 N–H and O–H groups in total. The van der Waals surface area contributed by atoms with Crippen LogP contribution in [0, 0.1) is 0 Å². The Hall–Kier alpha value is -2.33. The van der Waals surface area contributed by atoms with E-state index in [1.54, 1.807) is 0 Å². The molecule has 2 atom stereocenters. The summed E-state index contributed by atoms with van der Waals surface area (Å²) in [6.07, 6.45) is 4.97. The Morgan fingerprint density at radius 1 is 1.08 bits per heavy atom. The zero-order valence-corrected chi connectivity index (χ0v) is 15.3. The van der Waals surface area contributed by atoms with Gasteiger partial charge < -0.3 is 10.1 Å². The summed E-state index contributed by atoms with van der Waals surface area (Å²) in [5.41, 5.74) is 3.47. The number of carbonyl (C=O) groups excluding carboxylic acids is 1. The highest BCUT2D eigenvalue weighted by molar-refractivity contribution is 5.88. The second kappa shape index (κ2) is 7.50. The average Bonchev–Trinajstić information content (AvgIpc) is 3.01. The number of carbonyl (C=O) groups is 1. The van der Waals surface area contributed by atoms with Gasteiger partial charge in [-0.2, -0.15) is 0 Å². The summed E-state index contributed by atoms with van der Waals surface area (Å²) in [7, 11) is 0. The highest BCUT2D eigenvalue weighted by Gasteiger charge is 2.38. The highest BCUT2D eigenvalue weighted by atomic mass is 16.5. The number of rotatable bonds is 4. The van der Waals surface area contributed by atoms with E-state index < -0.39 is 0 Å². The quantitative estimate of drug-likeness (QED) is 0.899. The molecule has 136 valence electrons. The van der Waals surface area contributed by atoms with E-state index >= 15 is 0 Å². The molecule has 1 aliphatic heterocycles. The maximum atomic E-state index is 11.3. The predicted molar refractivity (Wildman–Crippen MR) is 103 cm³/mol. The van der Waals surface area contributed by atoms with Crippen LogP contribution in [0.5, 0.6) is 5.75 Å². The summed E-state index contributed by atoms with van der Waals surface area (Å²) in [4.78, 5) is 13.9. The van der Waals surface area contributed by atoms with Crippen molar-refractivity contribution < 1.29 is 9.53 Å². The summed E-state index contributed by atoms with van der Waals surface area (Å²) in [6.45, 7) is 3.84. The van der Waals surface area contributed by atoms with E-state index in [1.807, 2.05) is 24.3 Å². The van der Waals surface area contributed by atoms with E-state index in [0.717, 1.165) is 30.9 Å². The zero-order chi connectivity index (χ0) is 17.9. The minimum Gasteiger partial charge on any atom is -0.484 e. The lowest BCUT2D eigenvalue weighted by Gasteiger charge is -2.35. The van der Waals surface area contributed by atoms with Gasteiger partial charge in [0.2, 0.25) is 5.91 Å². The molecule has 0 saturated carbocycles. The standard InChI is InChI=1S/C22H26N2O2/c1-16(25)23-18-9-7-10-19(15-18)26-22-20-11-4-3-8-17(20)14-21(22)24-12-5-2-6-13-24/h3-4,7-11,15,21-22H,2,5-6,12-14H2,1H3,(H,23,25)/t21?,22-/m0/s1. The van der Waals surface area contributed by atoms with E-state index in [9.17, 15) is 4.79 Å². The van der Waals surface area contributed by atoms with Gasteiger partial charge in [0.15, 0.2) is 0 Å². The van der Waals surface area contributed by atoms with Crippen molar-refractivity contribution in [1.82, 2.24) is 4.90 Å². The van der Waals surface area contributed by atoms with E-state index in [-0.39, 0.29) is 12.0 Å². The fraction of sp³-hybridized carbons (Fsp3) is 0.409. The Balaban J connectivity index is 1.60. The molecule has 26 heavy (non-hydrogen) atoms. The van der Waals surface area contributed by atoms with E-state index in [1.165, 1.54) is 37.3 Å². The fourth-order valence-corrected chi connectivity index (χ4v) is 4.25. The molecule has 1 unspecified atom stereocenters. The molecule has 1 amide bonds. The Kier molecular flexibility index (Phi) is 4.93. The fourth-order valence-electron chi connectivity index (χ4n) is 4.25. The van der Waals surface area contributed by atoms with Crippen LogP contribution < -0.4 is 10.1 Å². The summed E-state index contributed by atoms with van der Waals surface area (Å²) >= 11 is 0. The molecule has 0 spiro atoms. The van der Waals surface area contributed by atoms with Crippen molar-refractivity contribution >= 4 is 11.6 Å². The zero-order valence-electron chi connectivity index (χ0n) is 15.3. The summed E-state index contributed by atoms with van der Waals surface area (Å²) < 4.78 is 6.50. The Bertz CT molecular complexity index is 783. The Morgan fingerprint density at radius 3 is 2.69 bits per heavy atom. The molecule has 0 bridgehead atoms. The molecular formula is C22H26N2O2. The molecule has 4 nitrogen and oxygen atoms in total. The van der Waals surface area contributed by atoms with Crippen molar-refractivity contribution in [1.29, 1.82) is 0 Å². The number of nitrogens with zero attached hydrogens (tertiary/aromatic N) is 1. The first-order valence-electron chi connectivity index (χ1n) is 9.57. The van der Waals surface area contributed by atoms with Crippen LogP contribution in [0.4, 0.5) is 5.69 Å². The number of piperidine rings is 1.